The van der Waals surface area contributed by atoms with E-state index in [0.717, 1.165) is 0 Å². The highest BCUT2D eigenvalue weighted by atomic mass is 16.6. The van der Waals surface area contributed by atoms with Crippen LogP contribution < -0.4 is 29.7 Å². The highest BCUT2D eigenvalue weighted by Crippen LogP contribution is 2.34. The average molecular weight is 515 g/mol. The van der Waals surface area contributed by atoms with Crippen molar-refractivity contribution in [2.45, 2.75) is 13.5 Å². The molecule has 9 heteroatoms. The van der Waals surface area contributed by atoms with E-state index in [1.54, 1.807) is 65.2 Å². The molecule has 4 aromatic rings. The van der Waals surface area contributed by atoms with Gasteiger partial charge >= 0.3 is 0 Å². The van der Waals surface area contributed by atoms with E-state index in [0.29, 0.717) is 59.6 Å². The molecule has 0 atom stereocenters. The van der Waals surface area contributed by atoms with Gasteiger partial charge in [-0.1, -0.05) is 0 Å². The first-order chi connectivity index (χ1) is 18.5. The van der Waals surface area contributed by atoms with Crippen LogP contribution in [0.2, 0.25) is 0 Å². The first kappa shape index (κ1) is 24.9. The lowest BCUT2D eigenvalue weighted by molar-refractivity contribution is -0.116. The van der Waals surface area contributed by atoms with Crippen molar-refractivity contribution in [3.8, 4) is 23.0 Å². The van der Waals surface area contributed by atoms with Gasteiger partial charge in [0.25, 0.3) is 0 Å². The second kappa shape index (κ2) is 10.7. The van der Waals surface area contributed by atoms with Crippen LogP contribution in [0.1, 0.15) is 22.8 Å². The predicted molar refractivity (Wildman–Crippen MR) is 142 cm³/mol. The molecule has 0 saturated heterocycles. The third kappa shape index (κ3) is 5.04. The Kier molecular flexibility index (Phi) is 6.99. The van der Waals surface area contributed by atoms with Crippen LogP contribution in [-0.4, -0.2) is 43.2 Å². The molecule has 1 amide bonds. The summed E-state index contributed by atoms with van der Waals surface area (Å²) >= 11 is 0. The molecule has 1 aliphatic rings. The first-order valence-electron chi connectivity index (χ1n) is 12.1. The van der Waals surface area contributed by atoms with Gasteiger partial charge in [0.05, 0.1) is 30.2 Å². The van der Waals surface area contributed by atoms with Crippen molar-refractivity contribution in [2.75, 3.05) is 32.2 Å². The molecule has 0 spiro atoms. The molecule has 3 aromatic carbocycles. The Labute approximate surface area is 218 Å². The van der Waals surface area contributed by atoms with E-state index in [-0.39, 0.29) is 23.4 Å². The number of ketones is 1. The summed E-state index contributed by atoms with van der Waals surface area (Å²) < 4.78 is 23.5. The van der Waals surface area contributed by atoms with Crippen molar-refractivity contribution in [1.82, 2.24) is 4.57 Å². The molecule has 0 saturated carbocycles. The van der Waals surface area contributed by atoms with Crippen LogP contribution in [0.3, 0.4) is 0 Å². The van der Waals surface area contributed by atoms with Crippen LogP contribution in [0.5, 0.6) is 23.0 Å². The number of hydrogen-bond acceptors (Lipinski definition) is 7. The SMILES string of the molecule is CCOc1ccc(NC(=O)Cn2cc(C(=O)c3ccc(OC)cc3)c(=O)c3cc4c(cc32)OCCO4)cc1. The van der Waals surface area contributed by atoms with Crippen LogP contribution in [0.4, 0.5) is 5.69 Å². The number of carbonyl (C=O) groups is 2. The van der Waals surface area contributed by atoms with Crippen LogP contribution in [0.25, 0.3) is 10.9 Å². The maximum absolute atomic E-state index is 13.5. The number of amides is 1. The number of nitrogens with zero attached hydrogens (tertiary/aromatic N) is 1. The fraction of sp³-hybridized carbons (Fsp3) is 0.207. The Morgan fingerprint density at radius 2 is 1.61 bits per heavy atom. The van der Waals surface area contributed by atoms with Gasteiger partial charge in [-0.15, -0.1) is 0 Å². The maximum atomic E-state index is 13.5. The lowest BCUT2D eigenvalue weighted by Gasteiger charge is -2.20. The Hall–Kier alpha value is -4.79. The van der Waals surface area contributed by atoms with E-state index < -0.39 is 11.2 Å². The summed E-state index contributed by atoms with van der Waals surface area (Å²) in [5.74, 6) is 1.38. The van der Waals surface area contributed by atoms with E-state index in [1.165, 1.54) is 13.3 Å². The molecule has 0 aliphatic carbocycles. The van der Waals surface area contributed by atoms with Gasteiger partial charge in [0.2, 0.25) is 11.3 Å². The summed E-state index contributed by atoms with van der Waals surface area (Å²) in [6.45, 7) is 3.01. The number of methoxy groups -OCH3 is 1. The summed E-state index contributed by atoms with van der Waals surface area (Å²) in [5.41, 5.74) is 0.846. The van der Waals surface area contributed by atoms with Gasteiger partial charge in [-0.05, 0) is 61.5 Å². The van der Waals surface area contributed by atoms with Crippen molar-refractivity contribution in [3.63, 3.8) is 0 Å². The van der Waals surface area contributed by atoms with E-state index in [2.05, 4.69) is 5.32 Å². The molecule has 0 fully saturated rings. The van der Waals surface area contributed by atoms with E-state index in [9.17, 15) is 14.4 Å². The van der Waals surface area contributed by atoms with Crippen molar-refractivity contribution >= 4 is 28.3 Å². The minimum atomic E-state index is -0.463. The van der Waals surface area contributed by atoms with Crippen molar-refractivity contribution in [2.24, 2.45) is 0 Å². The molecule has 9 nitrogen and oxygen atoms in total. The third-order valence-electron chi connectivity index (χ3n) is 6.10. The highest BCUT2D eigenvalue weighted by molar-refractivity contribution is 6.10. The second-order valence-corrected chi connectivity index (χ2v) is 8.58. The molecule has 0 radical (unpaired) electrons. The maximum Gasteiger partial charge on any atom is 0.244 e. The minimum Gasteiger partial charge on any atom is -0.497 e. The van der Waals surface area contributed by atoms with Gasteiger partial charge in [-0.2, -0.15) is 0 Å². The molecule has 0 bridgehead atoms. The monoisotopic (exact) mass is 514 g/mol. The molecule has 1 aromatic heterocycles. The third-order valence-corrected chi connectivity index (χ3v) is 6.10. The molecule has 0 unspecified atom stereocenters. The van der Waals surface area contributed by atoms with Crippen molar-refractivity contribution in [1.29, 1.82) is 0 Å². The summed E-state index contributed by atoms with van der Waals surface area (Å²) in [6, 6.07) is 16.7. The molecule has 38 heavy (non-hydrogen) atoms. The Bertz CT molecular complexity index is 1560. The summed E-state index contributed by atoms with van der Waals surface area (Å²) in [4.78, 5) is 39.9. The van der Waals surface area contributed by atoms with Gasteiger partial charge in [-0.25, -0.2) is 0 Å². The van der Waals surface area contributed by atoms with Crippen molar-refractivity contribution in [3.05, 3.63) is 88.2 Å². The summed E-state index contributed by atoms with van der Waals surface area (Å²) in [6.07, 6.45) is 1.42. The number of pyridine rings is 1. The lowest BCUT2D eigenvalue weighted by Crippen LogP contribution is -2.25. The Morgan fingerprint density at radius 3 is 2.26 bits per heavy atom. The number of rotatable bonds is 8. The van der Waals surface area contributed by atoms with Crippen LogP contribution >= 0.6 is 0 Å². The first-order valence-corrected chi connectivity index (χ1v) is 12.1. The van der Waals surface area contributed by atoms with Gasteiger partial charge in [0.1, 0.15) is 31.3 Å². The number of aromatic nitrogens is 1. The van der Waals surface area contributed by atoms with Gasteiger partial charge in [0, 0.05) is 23.5 Å². The van der Waals surface area contributed by atoms with Gasteiger partial charge in [0.15, 0.2) is 17.3 Å². The molecule has 2 heterocycles. The Morgan fingerprint density at radius 1 is 0.947 bits per heavy atom. The largest absolute Gasteiger partial charge is 0.497 e. The van der Waals surface area contributed by atoms with Crippen LogP contribution in [0.15, 0.2) is 71.7 Å². The fourth-order valence-electron chi connectivity index (χ4n) is 4.27. The number of fused-ring (bicyclic) bond motifs is 2. The normalized spacial score (nSPS) is 12.2. The molecular weight excluding hydrogens is 488 g/mol. The zero-order chi connectivity index (χ0) is 26.6. The quantitative estimate of drug-likeness (QED) is 0.354. The molecule has 194 valence electrons. The van der Waals surface area contributed by atoms with Crippen LogP contribution in [0, 0.1) is 0 Å². The topological polar surface area (TPSA) is 105 Å². The Balaban J connectivity index is 1.53. The number of ether oxygens (including phenoxy) is 4. The van der Waals surface area contributed by atoms with Gasteiger partial charge in [-0.3, -0.25) is 14.4 Å². The molecule has 5 rings (SSSR count). The van der Waals surface area contributed by atoms with Gasteiger partial charge < -0.3 is 28.8 Å². The molecule has 1 aliphatic heterocycles. The number of nitrogens with one attached hydrogen (secondary N) is 1. The fourth-order valence-corrected chi connectivity index (χ4v) is 4.27. The smallest absolute Gasteiger partial charge is 0.244 e. The highest BCUT2D eigenvalue weighted by Gasteiger charge is 2.22. The number of hydrogen-bond donors (Lipinski definition) is 1. The van der Waals surface area contributed by atoms with E-state index in [4.69, 9.17) is 18.9 Å². The summed E-state index contributed by atoms with van der Waals surface area (Å²) in [5, 5.41) is 3.10. The molecular formula is C29H26N2O7. The number of anilines is 1. The summed E-state index contributed by atoms with van der Waals surface area (Å²) in [7, 11) is 1.53. The lowest BCUT2D eigenvalue weighted by atomic mass is 10.0. The minimum absolute atomic E-state index is 0.0618. The van der Waals surface area contributed by atoms with E-state index >= 15 is 0 Å². The number of benzene rings is 3. The zero-order valence-electron chi connectivity index (χ0n) is 21.0. The standard InChI is InChI=1S/C29H26N2O7/c1-3-36-21-10-6-19(7-11-21)30-27(32)17-31-16-23(28(33)18-4-8-20(35-2)9-5-18)29(34)22-14-25-26(15-24(22)31)38-13-12-37-25/h4-11,14-16H,3,12-13,17H2,1-2H3,(H,30,32). The van der Waals surface area contributed by atoms with Crippen molar-refractivity contribution < 1.29 is 28.5 Å². The zero-order valence-corrected chi connectivity index (χ0v) is 21.0. The predicted octanol–water partition coefficient (Wildman–Crippen LogP) is 4.05. The second-order valence-electron chi connectivity index (χ2n) is 8.58. The number of carbonyl (C=O) groups excluding carboxylic acids is 2. The molecule has 1 N–H and O–H groups in total. The average Bonchev–Trinajstić information content (AvgIpc) is 2.94. The van der Waals surface area contributed by atoms with Crippen LogP contribution in [-0.2, 0) is 11.3 Å². The van der Waals surface area contributed by atoms with E-state index in [1.807, 2.05) is 6.92 Å².